The lowest BCUT2D eigenvalue weighted by Crippen LogP contribution is -2.06. The summed E-state index contributed by atoms with van der Waals surface area (Å²) >= 11 is 5.53. The summed E-state index contributed by atoms with van der Waals surface area (Å²) in [6.45, 7) is -0.0125. The second-order valence-corrected chi connectivity index (χ2v) is 6.05. The molecule has 0 amide bonds. The van der Waals surface area contributed by atoms with Gasteiger partial charge in [-0.3, -0.25) is 0 Å². The van der Waals surface area contributed by atoms with Crippen molar-refractivity contribution < 1.29 is 31.4 Å². The number of aromatic nitrogens is 3. The van der Waals surface area contributed by atoms with Gasteiger partial charge in [0.25, 0.3) is 11.8 Å². The molecular formula is C18H11ClF5N3O2. The Morgan fingerprint density at radius 3 is 2.45 bits per heavy atom. The second kappa shape index (κ2) is 8.56. The van der Waals surface area contributed by atoms with Gasteiger partial charge in [-0.2, -0.15) is 22.5 Å². The normalized spacial score (nSPS) is 11.4. The molecule has 3 rings (SSSR count). The molecule has 0 aliphatic carbocycles. The number of ether oxygens (including phenoxy) is 2. The molecule has 0 radical (unpaired) electrons. The van der Waals surface area contributed by atoms with E-state index in [-0.39, 0.29) is 24.7 Å². The van der Waals surface area contributed by atoms with Crippen LogP contribution in [-0.4, -0.2) is 21.6 Å². The Kier molecular flexibility index (Phi) is 6.12. The zero-order valence-electron chi connectivity index (χ0n) is 14.4. The fourth-order valence-electron chi connectivity index (χ4n) is 2.25. The van der Waals surface area contributed by atoms with Crippen LogP contribution >= 0.6 is 11.6 Å². The molecule has 1 aromatic carbocycles. The molecule has 152 valence electrons. The molecular weight excluding hydrogens is 421 g/mol. The lowest BCUT2D eigenvalue weighted by atomic mass is 10.2. The minimum absolute atomic E-state index is 0.0125. The predicted octanol–water partition coefficient (Wildman–Crippen LogP) is 5.24. The lowest BCUT2D eigenvalue weighted by Gasteiger charge is -2.12. The van der Waals surface area contributed by atoms with Crippen LogP contribution in [0.4, 0.5) is 22.0 Å². The van der Waals surface area contributed by atoms with Gasteiger partial charge in [-0.15, -0.1) is 0 Å². The van der Waals surface area contributed by atoms with Gasteiger partial charge in [0, 0.05) is 12.6 Å². The first-order valence-electron chi connectivity index (χ1n) is 8.01. The summed E-state index contributed by atoms with van der Waals surface area (Å²) in [7, 11) is 0. The first kappa shape index (κ1) is 20.7. The third-order valence-electron chi connectivity index (χ3n) is 3.59. The molecule has 0 unspecified atom stereocenters. The summed E-state index contributed by atoms with van der Waals surface area (Å²) in [5.74, 6) is -2.65. The van der Waals surface area contributed by atoms with Crippen LogP contribution in [0.15, 0.2) is 43.0 Å². The number of nitrogens with zero attached hydrogens (tertiary/aromatic N) is 3. The van der Waals surface area contributed by atoms with E-state index in [0.717, 1.165) is 30.7 Å². The number of alkyl halides is 3. The van der Waals surface area contributed by atoms with E-state index in [1.54, 1.807) is 0 Å². The summed E-state index contributed by atoms with van der Waals surface area (Å²) in [4.78, 5) is 10.9. The van der Waals surface area contributed by atoms with Gasteiger partial charge in [-0.1, -0.05) is 11.6 Å². The number of benzene rings is 1. The van der Waals surface area contributed by atoms with Crippen molar-refractivity contribution in [3.05, 3.63) is 70.8 Å². The molecule has 2 aromatic heterocycles. The van der Waals surface area contributed by atoms with E-state index in [1.807, 2.05) is 0 Å². The quantitative estimate of drug-likeness (QED) is 0.500. The number of pyridine rings is 1. The fraction of sp³-hybridized carbons (Fsp3) is 0.167. The Bertz CT molecular complexity index is 1020. The van der Waals surface area contributed by atoms with Gasteiger partial charge in [-0.25, -0.2) is 14.4 Å². The Hall–Kier alpha value is -3.01. The highest BCUT2D eigenvalue weighted by molar-refractivity contribution is 6.31. The van der Waals surface area contributed by atoms with Crippen LogP contribution in [0.25, 0.3) is 0 Å². The molecule has 0 aliphatic heterocycles. The van der Waals surface area contributed by atoms with Crippen LogP contribution in [0.5, 0.6) is 17.5 Å². The molecule has 0 N–H and O–H groups in total. The van der Waals surface area contributed by atoms with E-state index >= 15 is 0 Å². The summed E-state index contributed by atoms with van der Waals surface area (Å²) in [5, 5.41) is -0.506. The van der Waals surface area contributed by atoms with Crippen molar-refractivity contribution in [1.29, 1.82) is 0 Å². The van der Waals surface area contributed by atoms with Gasteiger partial charge in [0.2, 0.25) is 5.82 Å². The van der Waals surface area contributed by atoms with E-state index in [1.165, 1.54) is 6.20 Å². The molecule has 5 nitrogen and oxygen atoms in total. The van der Waals surface area contributed by atoms with Crippen molar-refractivity contribution >= 4 is 11.6 Å². The minimum Gasteiger partial charge on any atom is -0.475 e. The first-order valence-corrected chi connectivity index (χ1v) is 8.39. The van der Waals surface area contributed by atoms with Crippen LogP contribution in [0.3, 0.4) is 0 Å². The molecule has 0 saturated carbocycles. The Labute approximate surface area is 166 Å². The number of hydrogen-bond acceptors (Lipinski definition) is 5. The van der Waals surface area contributed by atoms with Gasteiger partial charge in [0.05, 0.1) is 23.4 Å². The van der Waals surface area contributed by atoms with Crippen LogP contribution in [0.2, 0.25) is 5.02 Å². The Balaban J connectivity index is 1.66. The molecule has 3 aromatic rings. The number of hydrogen-bond donors (Lipinski definition) is 0. The largest absolute Gasteiger partial charge is 0.475 e. The minimum atomic E-state index is -4.69. The van der Waals surface area contributed by atoms with Crippen molar-refractivity contribution in [3.8, 4) is 17.5 Å². The van der Waals surface area contributed by atoms with E-state index in [4.69, 9.17) is 21.1 Å². The molecule has 29 heavy (non-hydrogen) atoms. The summed E-state index contributed by atoms with van der Waals surface area (Å²) in [6, 6.07) is 3.90. The summed E-state index contributed by atoms with van der Waals surface area (Å²) in [6.07, 6.45) is -1.19. The van der Waals surface area contributed by atoms with Gasteiger partial charge in [-0.05, 0) is 29.8 Å². The predicted molar refractivity (Wildman–Crippen MR) is 91.9 cm³/mol. The van der Waals surface area contributed by atoms with Gasteiger partial charge < -0.3 is 9.47 Å². The Morgan fingerprint density at radius 1 is 0.966 bits per heavy atom. The SMILES string of the molecule is Fc1cncnc1OCCc1cnc(Oc2ccc(Cl)c(C(F)(F)F)c2)c(F)c1. The summed E-state index contributed by atoms with van der Waals surface area (Å²) in [5.41, 5.74) is -0.709. The van der Waals surface area contributed by atoms with Crippen LogP contribution < -0.4 is 9.47 Å². The van der Waals surface area contributed by atoms with Crippen molar-refractivity contribution in [2.45, 2.75) is 12.6 Å². The topological polar surface area (TPSA) is 57.1 Å². The molecule has 0 atom stereocenters. The molecule has 0 bridgehead atoms. The highest BCUT2D eigenvalue weighted by Gasteiger charge is 2.33. The fourth-order valence-corrected chi connectivity index (χ4v) is 2.47. The van der Waals surface area contributed by atoms with E-state index in [2.05, 4.69) is 15.0 Å². The maximum absolute atomic E-state index is 14.2. The average Bonchev–Trinajstić information content (AvgIpc) is 2.66. The number of halogens is 6. The molecule has 0 fully saturated rings. The highest BCUT2D eigenvalue weighted by Crippen LogP contribution is 2.37. The lowest BCUT2D eigenvalue weighted by molar-refractivity contribution is -0.137. The van der Waals surface area contributed by atoms with Crippen molar-refractivity contribution in [1.82, 2.24) is 15.0 Å². The van der Waals surface area contributed by atoms with E-state index in [0.29, 0.717) is 11.6 Å². The third-order valence-corrected chi connectivity index (χ3v) is 3.91. The maximum atomic E-state index is 14.2. The summed E-state index contributed by atoms with van der Waals surface area (Å²) < 4.78 is 76.5. The average molecular weight is 432 g/mol. The van der Waals surface area contributed by atoms with E-state index < -0.39 is 34.3 Å². The van der Waals surface area contributed by atoms with Crippen molar-refractivity contribution in [2.75, 3.05) is 6.61 Å². The highest BCUT2D eigenvalue weighted by atomic mass is 35.5. The molecule has 0 saturated heterocycles. The zero-order valence-corrected chi connectivity index (χ0v) is 15.1. The monoisotopic (exact) mass is 431 g/mol. The molecule has 11 heteroatoms. The standard InChI is InChI=1S/C18H11ClF5N3O2/c19-13-2-1-11(6-12(13)18(22,23)24)29-17-14(20)5-10(7-26-17)3-4-28-16-15(21)8-25-9-27-16/h1-2,5-9H,3-4H2. The van der Waals surface area contributed by atoms with Gasteiger partial charge in [0.15, 0.2) is 5.82 Å². The molecule has 0 spiro atoms. The van der Waals surface area contributed by atoms with Crippen LogP contribution in [-0.2, 0) is 12.6 Å². The number of rotatable bonds is 6. The third kappa shape index (κ3) is 5.29. The van der Waals surface area contributed by atoms with Gasteiger partial charge in [0.1, 0.15) is 12.1 Å². The van der Waals surface area contributed by atoms with Crippen molar-refractivity contribution in [2.24, 2.45) is 0 Å². The van der Waals surface area contributed by atoms with Gasteiger partial charge >= 0.3 is 6.18 Å². The van der Waals surface area contributed by atoms with E-state index in [9.17, 15) is 22.0 Å². The molecule has 2 heterocycles. The first-order chi connectivity index (χ1) is 13.7. The maximum Gasteiger partial charge on any atom is 0.417 e. The Morgan fingerprint density at radius 2 is 1.76 bits per heavy atom. The second-order valence-electron chi connectivity index (χ2n) is 5.65. The van der Waals surface area contributed by atoms with Crippen LogP contribution in [0.1, 0.15) is 11.1 Å². The van der Waals surface area contributed by atoms with Crippen LogP contribution in [0, 0.1) is 11.6 Å². The zero-order chi connectivity index (χ0) is 21.0. The smallest absolute Gasteiger partial charge is 0.417 e. The van der Waals surface area contributed by atoms with Crippen molar-refractivity contribution in [3.63, 3.8) is 0 Å². The molecule has 0 aliphatic rings.